The third-order valence-electron chi connectivity index (χ3n) is 11.6. The van der Waals surface area contributed by atoms with Crippen LogP contribution in [0.1, 0.15) is 79.8 Å². The van der Waals surface area contributed by atoms with E-state index < -0.39 is 30.7 Å². The highest BCUT2D eigenvalue weighted by molar-refractivity contribution is 5.29. The summed E-state index contributed by atoms with van der Waals surface area (Å²) in [5.74, 6) is 1.33. The molecule has 53 heavy (non-hydrogen) atoms. The van der Waals surface area contributed by atoms with Crippen LogP contribution in [0.5, 0.6) is 0 Å². The van der Waals surface area contributed by atoms with Gasteiger partial charge in [0.15, 0.2) is 6.29 Å². The predicted octanol–water partition coefficient (Wildman–Crippen LogP) is 9.65. The number of fused-ring (bicyclic) bond motifs is 4. The van der Waals surface area contributed by atoms with E-state index in [9.17, 15) is 0 Å². The lowest BCUT2D eigenvalue weighted by atomic mass is 9.74. The van der Waals surface area contributed by atoms with Gasteiger partial charge in [-0.15, -0.1) is 0 Å². The fourth-order valence-corrected chi connectivity index (χ4v) is 8.58. The van der Waals surface area contributed by atoms with Crippen molar-refractivity contribution in [2.75, 3.05) is 6.61 Å². The lowest BCUT2D eigenvalue weighted by Gasteiger charge is -2.48. The monoisotopic (exact) mass is 718 g/mol. The highest BCUT2D eigenvalue weighted by atomic mass is 16.7. The number of hydrogen-bond acceptors (Lipinski definition) is 6. The Morgan fingerprint density at radius 1 is 0.623 bits per heavy atom. The van der Waals surface area contributed by atoms with E-state index in [1.807, 2.05) is 24.3 Å². The maximum absolute atomic E-state index is 7.24. The number of hydrogen-bond donors (Lipinski definition) is 0. The molecule has 1 aliphatic carbocycles. The van der Waals surface area contributed by atoms with E-state index in [-0.39, 0.29) is 6.10 Å². The first kappa shape index (κ1) is 37.9. The topological polar surface area (TPSA) is 55.4 Å². The molecule has 282 valence electrons. The summed E-state index contributed by atoms with van der Waals surface area (Å²) in [4.78, 5) is 0. The van der Waals surface area contributed by atoms with E-state index in [2.05, 4.69) is 106 Å². The van der Waals surface area contributed by atoms with Crippen LogP contribution in [0.4, 0.5) is 0 Å². The van der Waals surface area contributed by atoms with Gasteiger partial charge in [0.1, 0.15) is 24.4 Å². The average Bonchev–Trinajstić information content (AvgIpc) is 3.18. The van der Waals surface area contributed by atoms with Gasteiger partial charge < -0.3 is 28.4 Å². The lowest BCUT2D eigenvalue weighted by molar-refractivity contribution is -0.344. The van der Waals surface area contributed by atoms with Gasteiger partial charge in [0.05, 0.1) is 39.1 Å². The molecule has 8 atom stereocenters. The second-order valence-corrected chi connectivity index (χ2v) is 15.7. The zero-order valence-corrected chi connectivity index (χ0v) is 31.8. The van der Waals surface area contributed by atoms with Crippen LogP contribution < -0.4 is 0 Å². The van der Waals surface area contributed by atoms with Crippen LogP contribution in [-0.2, 0) is 67.7 Å². The highest BCUT2D eigenvalue weighted by Crippen LogP contribution is 2.40. The minimum atomic E-state index is -0.668. The Bertz CT molecular complexity index is 1680. The van der Waals surface area contributed by atoms with E-state index in [0.717, 1.165) is 43.2 Å². The van der Waals surface area contributed by atoms with Crippen LogP contribution in [0.3, 0.4) is 0 Å². The number of ether oxygens (including phenoxy) is 6. The van der Waals surface area contributed by atoms with Crippen LogP contribution in [0.25, 0.3) is 0 Å². The van der Waals surface area contributed by atoms with Gasteiger partial charge in [-0.25, -0.2) is 0 Å². The molecular weight excluding hydrogens is 661 g/mol. The fraction of sp³-hybridized carbons (Fsp3) is 0.489. The van der Waals surface area contributed by atoms with Crippen molar-refractivity contribution >= 4 is 0 Å². The standard InChI is InChI=1S/C47H58O6/c1-33(2)41-27-14-16-34(3)43(41)53-47-46(50-29-36-19-8-5-9-20-36)45-44(49-28-35-17-6-4-7-18-35)42(52-47)32-48-30-39-23-12-10-21-37(39)25-15-26-38-22-11-13-24-40(38)31-51-45/h4-13,17-24,33-34,41-47H,14-16,25-32H2,1-3H3/t34-,41-,42+,43+,44+,45-,46+,47+/m0/s1. The first-order chi connectivity index (χ1) is 26.0. The summed E-state index contributed by atoms with van der Waals surface area (Å²) in [5.41, 5.74) is 7.23. The van der Waals surface area contributed by atoms with E-state index in [1.165, 1.54) is 28.7 Å². The van der Waals surface area contributed by atoms with Gasteiger partial charge in [-0.2, -0.15) is 0 Å². The first-order valence-electron chi connectivity index (χ1n) is 20.0. The molecule has 2 heterocycles. The van der Waals surface area contributed by atoms with Crippen LogP contribution >= 0.6 is 0 Å². The van der Waals surface area contributed by atoms with Gasteiger partial charge >= 0.3 is 0 Å². The SMILES string of the molecule is CC(C)[C@@H]1CCC[C@H](C)[C@H]1O[C@H]1O[C@@H]2COCc3ccccc3CCCc3ccccc3CO[C@H]([C@H]1OCc1ccccc1)[C@@H]2OCc1ccccc1. The predicted molar refractivity (Wildman–Crippen MR) is 208 cm³/mol. The number of benzene rings is 4. The second kappa shape index (κ2) is 18.8. The summed E-state index contributed by atoms with van der Waals surface area (Å²) in [6.45, 7) is 9.06. The van der Waals surface area contributed by atoms with Crippen LogP contribution in [0, 0.1) is 17.8 Å². The summed E-state index contributed by atoms with van der Waals surface area (Å²) in [5, 5.41) is 0. The van der Waals surface area contributed by atoms with Gasteiger partial charge in [0.2, 0.25) is 0 Å². The van der Waals surface area contributed by atoms with Crippen molar-refractivity contribution in [3.8, 4) is 0 Å². The van der Waals surface area contributed by atoms with Gasteiger partial charge in [0, 0.05) is 0 Å². The van der Waals surface area contributed by atoms with Crippen molar-refractivity contribution in [2.24, 2.45) is 17.8 Å². The van der Waals surface area contributed by atoms with Crippen molar-refractivity contribution in [3.05, 3.63) is 143 Å². The minimum absolute atomic E-state index is 0.0438. The fourth-order valence-electron chi connectivity index (χ4n) is 8.58. The smallest absolute Gasteiger partial charge is 0.187 e. The molecule has 0 N–H and O–H groups in total. The molecule has 2 bridgehead atoms. The van der Waals surface area contributed by atoms with Crippen molar-refractivity contribution in [1.29, 1.82) is 0 Å². The molecule has 0 radical (unpaired) electrons. The van der Waals surface area contributed by atoms with E-state index in [0.29, 0.717) is 50.8 Å². The number of rotatable bonds is 9. The molecule has 6 heteroatoms. The Kier molecular flexibility index (Phi) is 13.5. The first-order valence-corrected chi connectivity index (χ1v) is 20.0. The highest BCUT2D eigenvalue weighted by Gasteiger charge is 2.51. The average molecular weight is 719 g/mol. The Morgan fingerprint density at radius 2 is 1.19 bits per heavy atom. The molecule has 0 amide bonds. The van der Waals surface area contributed by atoms with Crippen LogP contribution in [0.15, 0.2) is 109 Å². The summed E-state index contributed by atoms with van der Waals surface area (Å²) in [6.07, 6.45) is 3.93. The zero-order valence-electron chi connectivity index (χ0n) is 31.8. The molecule has 0 unspecified atom stereocenters. The van der Waals surface area contributed by atoms with Crippen LogP contribution in [0.2, 0.25) is 0 Å². The lowest BCUT2D eigenvalue weighted by Crippen LogP contribution is -2.62. The molecule has 4 aromatic carbocycles. The quantitative estimate of drug-likeness (QED) is 0.172. The van der Waals surface area contributed by atoms with Crippen molar-refractivity contribution in [2.45, 2.75) is 123 Å². The summed E-state index contributed by atoms with van der Waals surface area (Å²) in [7, 11) is 0. The second-order valence-electron chi connectivity index (χ2n) is 15.7. The molecule has 3 aliphatic rings. The minimum Gasteiger partial charge on any atom is -0.374 e. The Balaban J connectivity index is 1.27. The van der Waals surface area contributed by atoms with Gasteiger partial charge in [-0.05, 0) is 83.2 Å². The Morgan fingerprint density at radius 3 is 1.81 bits per heavy atom. The zero-order chi connectivity index (χ0) is 36.4. The van der Waals surface area contributed by atoms with Crippen molar-refractivity contribution in [3.63, 3.8) is 0 Å². The van der Waals surface area contributed by atoms with Gasteiger partial charge in [-0.1, -0.05) is 136 Å². The van der Waals surface area contributed by atoms with E-state index in [1.54, 1.807) is 0 Å². The number of aryl methyl sites for hydroxylation is 2. The maximum atomic E-state index is 7.24. The summed E-state index contributed by atoms with van der Waals surface area (Å²) < 4.78 is 41.9. The molecule has 0 spiro atoms. The van der Waals surface area contributed by atoms with Crippen LogP contribution in [-0.4, -0.2) is 43.4 Å². The molecule has 2 fully saturated rings. The third-order valence-corrected chi connectivity index (χ3v) is 11.6. The molecule has 1 saturated heterocycles. The summed E-state index contributed by atoms with van der Waals surface area (Å²) in [6, 6.07) is 38.0. The third kappa shape index (κ3) is 9.85. The largest absolute Gasteiger partial charge is 0.374 e. The van der Waals surface area contributed by atoms with Gasteiger partial charge in [0.25, 0.3) is 0 Å². The molecular formula is C47H58O6. The molecule has 4 aromatic rings. The molecule has 1 saturated carbocycles. The van der Waals surface area contributed by atoms with Crippen molar-refractivity contribution < 1.29 is 28.4 Å². The Hall–Kier alpha value is -3.36. The molecule has 7 rings (SSSR count). The van der Waals surface area contributed by atoms with E-state index >= 15 is 0 Å². The molecule has 2 aliphatic heterocycles. The maximum Gasteiger partial charge on any atom is 0.187 e. The normalized spacial score (nSPS) is 28.3. The molecule has 6 nitrogen and oxygen atoms in total. The Labute approximate surface area is 317 Å². The molecule has 0 aromatic heterocycles. The summed E-state index contributed by atoms with van der Waals surface area (Å²) >= 11 is 0. The van der Waals surface area contributed by atoms with Crippen molar-refractivity contribution in [1.82, 2.24) is 0 Å². The van der Waals surface area contributed by atoms with E-state index in [4.69, 9.17) is 28.4 Å². The van der Waals surface area contributed by atoms with Gasteiger partial charge in [-0.3, -0.25) is 0 Å².